The van der Waals surface area contributed by atoms with Gasteiger partial charge in [0.05, 0.1) is 24.2 Å². The van der Waals surface area contributed by atoms with Crippen LogP contribution in [-0.2, 0) is 4.79 Å². The van der Waals surface area contributed by atoms with Crippen molar-refractivity contribution in [3.63, 3.8) is 0 Å². The largest absolute Gasteiger partial charge is 0.495 e. The monoisotopic (exact) mass is 525 g/mol. The van der Waals surface area contributed by atoms with Crippen molar-refractivity contribution in [2.45, 2.75) is 27.7 Å². The highest BCUT2D eigenvalue weighted by atomic mass is 16.5. The van der Waals surface area contributed by atoms with E-state index in [0.29, 0.717) is 23.8 Å². The molecule has 0 unspecified atom stereocenters. The molecular weight excluding hydrogens is 490 g/mol. The number of nitrogens with one attached hydrogen (secondary N) is 2. The van der Waals surface area contributed by atoms with Crippen molar-refractivity contribution in [3.8, 4) is 22.6 Å². The zero-order valence-electron chi connectivity index (χ0n) is 23.1. The highest BCUT2D eigenvalue weighted by Crippen LogP contribution is 2.34. The summed E-state index contributed by atoms with van der Waals surface area (Å²) >= 11 is 0. The number of carbonyl (C=O) groups excluding carboxylic acids is 2. The summed E-state index contributed by atoms with van der Waals surface area (Å²) in [6, 6.07) is 24.5. The molecule has 202 valence electrons. The third-order valence-electron chi connectivity index (χ3n) is 6.28. The maximum atomic E-state index is 13.5. The quantitative estimate of drug-likeness (QED) is 0.269. The fourth-order valence-corrected chi connectivity index (χ4v) is 4.52. The molecule has 0 radical (unpaired) electrons. The minimum atomic E-state index is -0.379. The molecule has 4 aromatic rings. The first-order chi connectivity index (χ1) is 18.8. The predicted octanol–water partition coefficient (Wildman–Crippen LogP) is 6.29. The fourth-order valence-electron chi connectivity index (χ4n) is 4.52. The second-order valence-electron chi connectivity index (χ2n) is 9.83. The Morgan fingerprint density at radius 1 is 0.923 bits per heavy atom. The normalized spacial score (nSPS) is 10.8. The average molecular weight is 526 g/mol. The summed E-state index contributed by atoms with van der Waals surface area (Å²) in [4.78, 5) is 28.3. The molecule has 4 rings (SSSR count). The van der Waals surface area contributed by atoms with E-state index in [4.69, 9.17) is 9.84 Å². The van der Waals surface area contributed by atoms with Crippen LogP contribution in [0.25, 0.3) is 16.8 Å². The molecule has 0 aliphatic rings. The summed E-state index contributed by atoms with van der Waals surface area (Å²) in [7, 11) is 1.55. The number of para-hydroxylation sites is 3. The summed E-state index contributed by atoms with van der Waals surface area (Å²) in [6.45, 7) is 8.21. The second kappa shape index (κ2) is 12.3. The molecule has 0 bridgehead atoms. The maximum Gasteiger partial charge on any atom is 0.322 e. The highest BCUT2D eigenvalue weighted by Gasteiger charge is 2.24. The first-order valence-corrected chi connectivity index (χ1v) is 13.0. The zero-order valence-corrected chi connectivity index (χ0v) is 23.1. The second-order valence-corrected chi connectivity index (χ2v) is 9.83. The van der Waals surface area contributed by atoms with Gasteiger partial charge in [-0.05, 0) is 49.1 Å². The Balaban J connectivity index is 1.65. The number of methoxy groups -OCH3 is 1. The van der Waals surface area contributed by atoms with Crippen molar-refractivity contribution in [2.75, 3.05) is 30.8 Å². The van der Waals surface area contributed by atoms with E-state index >= 15 is 0 Å². The van der Waals surface area contributed by atoms with Crippen LogP contribution in [0, 0.1) is 19.8 Å². The van der Waals surface area contributed by atoms with Crippen LogP contribution in [0.15, 0.2) is 78.9 Å². The lowest BCUT2D eigenvalue weighted by Crippen LogP contribution is -2.42. The van der Waals surface area contributed by atoms with E-state index in [9.17, 15) is 9.59 Å². The lowest BCUT2D eigenvalue weighted by atomic mass is 10.1. The molecular formula is C31H35N5O3. The van der Waals surface area contributed by atoms with Gasteiger partial charge in [0, 0.05) is 12.1 Å². The number of rotatable bonds is 9. The number of benzene rings is 3. The summed E-state index contributed by atoms with van der Waals surface area (Å²) in [6.07, 6.45) is 0. The number of carbonyl (C=O) groups is 2. The van der Waals surface area contributed by atoms with E-state index in [1.807, 2.05) is 94.4 Å². The molecule has 3 aromatic carbocycles. The van der Waals surface area contributed by atoms with Crippen LogP contribution in [0.5, 0.6) is 5.75 Å². The van der Waals surface area contributed by atoms with Crippen LogP contribution >= 0.6 is 0 Å². The molecule has 0 aliphatic carbocycles. The Morgan fingerprint density at radius 3 is 2.28 bits per heavy atom. The smallest absolute Gasteiger partial charge is 0.322 e. The van der Waals surface area contributed by atoms with Gasteiger partial charge in [0.25, 0.3) is 0 Å². The predicted molar refractivity (Wildman–Crippen MR) is 156 cm³/mol. The van der Waals surface area contributed by atoms with Gasteiger partial charge in [0.15, 0.2) is 0 Å². The van der Waals surface area contributed by atoms with Gasteiger partial charge in [-0.25, -0.2) is 9.48 Å². The highest BCUT2D eigenvalue weighted by molar-refractivity contribution is 5.99. The van der Waals surface area contributed by atoms with E-state index in [1.54, 1.807) is 23.9 Å². The summed E-state index contributed by atoms with van der Waals surface area (Å²) in [5, 5.41) is 10.8. The van der Waals surface area contributed by atoms with Crippen LogP contribution in [0.2, 0.25) is 0 Å². The topological polar surface area (TPSA) is 88.5 Å². The Bertz CT molecular complexity index is 1450. The van der Waals surface area contributed by atoms with Crippen LogP contribution < -0.4 is 15.4 Å². The lowest BCUT2D eigenvalue weighted by Gasteiger charge is -2.25. The number of nitrogens with zero attached hydrogens (tertiary/aromatic N) is 3. The lowest BCUT2D eigenvalue weighted by molar-refractivity contribution is -0.116. The molecule has 8 nitrogen and oxygen atoms in total. The molecule has 1 heterocycles. The standard InChI is InChI=1S/C31H35N5O3/c1-21(2)19-35(31(38)32-25-16-10-12-18-27(25)39-5)20-28(37)33-30-29(24-14-7-6-8-15-24)23(4)34-36(30)26-17-11-9-13-22(26)3/h6-18,21H,19-20H2,1-5H3,(H,32,38)(H,33,37). The van der Waals surface area contributed by atoms with Crippen molar-refractivity contribution in [2.24, 2.45) is 5.92 Å². The van der Waals surface area contributed by atoms with Crippen LogP contribution in [0.3, 0.4) is 0 Å². The Morgan fingerprint density at radius 2 is 1.59 bits per heavy atom. The molecule has 8 heteroatoms. The molecule has 0 saturated carbocycles. The summed E-state index contributed by atoms with van der Waals surface area (Å²) in [5.41, 5.74) is 4.99. The number of aromatic nitrogens is 2. The Labute approximate surface area is 229 Å². The minimum Gasteiger partial charge on any atom is -0.495 e. The zero-order chi connectivity index (χ0) is 27.9. The average Bonchev–Trinajstić information content (AvgIpc) is 3.24. The van der Waals surface area contributed by atoms with Crippen LogP contribution in [0.1, 0.15) is 25.1 Å². The number of urea groups is 1. The number of hydrogen-bond donors (Lipinski definition) is 2. The van der Waals surface area contributed by atoms with E-state index in [-0.39, 0.29) is 24.4 Å². The Kier molecular flexibility index (Phi) is 8.66. The van der Waals surface area contributed by atoms with Gasteiger partial charge in [-0.1, -0.05) is 74.5 Å². The van der Waals surface area contributed by atoms with Gasteiger partial charge in [0.2, 0.25) is 5.91 Å². The molecule has 0 aliphatic heterocycles. The van der Waals surface area contributed by atoms with Crippen molar-refractivity contribution >= 4 is 23.4 Å². The molecule has 2 N–H and O–H groups in total. The fraction of sp³-hybridized carbons (Fsp3) is 0.258. The SMILES string of the molecule is COc1ccccc1NC(=O)N(CC(=O)Nc1c(-c2ccccc2)c(C)nn1-c1ccccc1C)CC(C)C. The van der Waals surface area contributed by atoms with E-state index in [2.05, 4.69) is 10.6 Å². The van der Waals surface area contributed by atoms with Gasteiger partial charge in [-0.3, -0.25) is 4.79 Å². The first-order valence-electron chi connectivity index (χ1n) is 13.0. The molecule has 39 heavy (non-hydrogen) atoms. The van der Waals surface area contributed by atoms with E-state index in [0.717, 1.165) is 28.1 Å². The van der Waals surface area contributed by atoms with Gasteiger partial charge in [-0.2, -0.15) is 5.10 Å². The van der Waals surface area contributed by atoms with E-state index < -0.39 is 0 Å². The van der Waals surface area contributed by atoms with Gasteiger partial charge in [-0.15, -0.1) is 0 Å². The van der Waals surface area contributed by atoms with Crippen molar-refractivity contribution < 1.29 is 14.3 Å². The number of aryl methyl sites for hydroxylation is 2. The maximum absolute atomic E-state index is 13.5. The first kappa shape index (κ1) is 27.4. The van der Waals surface area contributed by atoms with Crippen molar-refractivity contribution in [1.82, 2.24) is 14.7 Å². The molecule has 0 fully saturated rings. The van der Waals surface area contributed by atoms with Crippen molar-refractivity contribution in [3.05, 3.63) is 90.1 Å². The van der Waals surface area contributed by atoms with Gasteiger partial charge < -0.3 is 20.3 Å². The number of hydrogen-bond acceptors (Lipinski definition) is 4. The van der Waals surface area contributed by atoms with Gasteiger partial charge in [0.1, 0.15) is 18.1 Å². The molecule has 0 saturated heterocycles. The van der Waals surface area contributed by atoms with Gasteiger partial charge >= 0.3 is 6.03 Å². The van der Waals surface area contributed by atoms with Crippen LogP contribution in [0.4, 0.5) is 16.3 Å². The number of amides is 3. The Hall–Kier alpha value is -4.59. The third kappa shape index (κ3) is 6.46. The minimum absolute atomic E-state index is 0.134. The van der Waals surface area contributed by atoms with Crippen molar-refractivity contribution in [1.29, 1.82) is 0 Å². The summed E-state index contributed by atoms with van der Waals surface area (Å²) < 4.78 is 7.14. The molecule has 3 amide bonds. The molecule has 0 atom stereocenters. The molecule has 1 aromatic heterocycles. The van der Waals surface area contributed by atoms with E-state index in [1.165, 1.54) is 4.90 Å². The molecule has 0 spiro atoms. The summed E-state index contributed by atoms with van der Waals surface area (Å²) in [5.74, 6) is 0.941. The number of anilines is 2. The number of ether oxygens (including phenoxy) is 1. The third-order valence-corrected chi connectivity index (χ3v) is 6.28. The van der Waals surface area contributed by atoms with Crippen LogP contribution in [-0.4, -0.2) is 46.8 Å².